The molecule has 0 amide bonds. The Morgan fingerprint density at radius 2 is 1.52 bits per heavy atom. The van der Waals surface area contributed by atoms with Gasteiger partial charge in [-0.25, -0.2) is 9.97 Å². The van der Waals surface area contributed by atoms with E-state index < -0.39 is 0 Å². The average Bonchev–Trinajstić information content (AvgIpc) is 2.99. The molecule has 0 bridgehead atoms. The Hall–Kier alpha value is -2.46. The number of halogens is 1. The van der Waals surface area contributed by atoms with Gasteiger partial charge in [0.05, 0.1) is 5.69 Å². The van der Waals surface area contributed by atoms with E-state index in [1.165, 1.54) is 5.56 Å². The van der Waals surface area contributed by atoms with Gasteiger partial charge in [-0.2, -0.15) is 0 Å². The fourth-order valence-corrected chi connectivity index (χ4v) is 2.80. The van der Waals surface area contributed by atoms with Crippen molar-refractivity contribution < 1.29 is 0 Å². The van der Waals surface area contributed by atoms with Crippen LogP contribution in [0.25, 0.3) is 28.2 Å². The summed E-state index contributed by atoms with van der Waals surface area (Å²) in [5, 5.41) is 0. The van der Waals surface area contributed by atoms with E-state index in [0.717, 1.165) is 26.9 Å². The molecule has 2 aromatic carbocycles. The highest BCUT2D eigenvalue weighted by Crippen LogP contribution is 2.23. The molecule has 0 spiro atoms. The molecule has 2 aromatic heterocycles. The topological polar surface area (TPSA) is 30.2 Å². The molecule has 0 aliphatic heterocycles. The second kappa shape index (κ2) is 5.63. The zero-order valence-electron chi connectivity index (χ0n) is 12.6. The van der Waals surface area contributed by atoms with E-state index in [2.05, 4.69) is 75.4 Å². The Balaban J connectivity index is 1.77. The fraction of sp³-hybridized carbons (Fsp3) is 0.0526. The first-order valence-electron chi connectivity index (χ1n) is 7.37. The SMILES string of the molecule is Cc1ccc(-c2cn3cc(-c4ccc(Br)cc4)cnc3n2)cc1. The van der Waals surface area contributed by atoms with Crippen LogP contribution in [0.3, 0.4) is 0 Å². The number of imidazole rings is 1. The zero-order chi connectivity index (χ0) is 15.8. The molecule has 0 saturated heterocycles. The fourth-order valence-electron chi connectivity index (χ4n) is 2.54. The maximum absolute atomic E-state index is 4.61. The zero-order valence-corrected chi connectivity index (χ0v) is 14.2. The van der Waals surface area contributed by atoms with E-state index >= 15 is 0 Å². The van der Waals surface area contributed by atoms with Crippen LogP contribution in [-0.4, -0.2) is 14.4 Å². The van der Waals surface area contributed by atoms with Crippen molar-refractivity contribution in [3.05, 3.63) is 77.2 Å². The van der Waals surface area contributed by atoms with Gasteiger partial charge in [0.2, 0.25) is 5.78 Å². The second-order valence-electron chi connectivity index (χ2n) is 5.55. The summed E-state index contributed by atoms with van der Waals surface area (Å²) in [5.74, 6) is 0.710. The lowest BCUT2D eigenvalue weighted by Crippen LogP contribution is -1.89. The molecule has 0 N–H and O–H groups in total. The second-order valence-corrected chi connectivity index (χ2v) is 6.46. The van der Waals surface area contributed by atoms with Gasteiger partial charge in [0.1, 0.15) is 0 Å². The number of rotatable bonds is 2. The number of nitrogens with zero attached hydrogens (tertiary/aromatic N) is 3. The summed E-state index contributed by atoms with van der Waals surface area (Å²) in [7, 11) is 0. The summed E-state index contributed by atoms with van der Waals surface area (Å²) in [5.41, 5.74) is 5.48. The minimum absolute atomic E-state index is 0.710. The molecule has 0 aliphatic carbocycles. The van der Waals surface area contributed by atoms with Crippen LogP contribution in [0.5, 0.6) is 0 Å². The van der Waals surface area contributed by atoms with Crippen molar-refractivity contribution in [1.29, 1.82) is 0 Å². The highest BCUT2D eigenvalue weighted by atomic mass is 79.9. The minimum atomic E-state index is 0.710. The highest BCUT2D eigenvalue weighted by molar-refractivity contribution is 9.10. The first-order valence-corrected chi connectivity index (χ1v) is 8.16. The van der Waals surface area contributed by atoms with Crippen molar-refractivity contribution in [2.45, 2.75) is 6.92 Å². The Morgan fingerprint density at radius 1 is 0.826 bits per heavy atom. The molecule has 4 heteroatoms. The molecule has 0 saturated carbocycles. The average molecular weight is 364 g/mol. The standard InChI is InChI=1S/C19H14BrN3/c1-13-2-4-15(5-3-13)18-12-23-11-16(10-21-19(23)22-18)14-6-8-17(20)9-7-14/h2-12H,1H3. The Bertz CT molecular complexity index is 926. The predicted octanol–water partition coefficient (Wildman–Crippen LogP) is 5.13. The first-order chi connectivity index (χ1) is 11.2. The van der Waals surface area contributed by atoms with Crippen LogP contribution >= 0.6 is 15.9 Å². The molecule has 0 radical (unpaired) electrons. The van der Waals surface area contributed by atoms with E-state index in [1.807, 2.05) is 28.9 Å². The molecule has 4 rings (SSSR count). The van der Waals surface area contributed by atoms with Gasteiger partial charge in [-0.05, 0) is 24.6 Å². The predicted molar refractivity (Wildman–Crippen MR) is 96.3 cm³/mol. The Labute approximate surface area is 142 Å². The van der Waals surface area contributed by atoms with E-state index in [1.54, 1.807) is 0 Å². The molecule has 3 nitrogen and oxygen atoms in total. The summed E-state index contributed by atoms with van der Waals surface area (Å²) in [6.45, 7) is 2.08. The van der Waals surface area contributed by atoms with Crippen LogP contribution in [0.1, 0.15) is 5.56 Å². The summed E-state index contributed by atoms with van der Waals surface area (Å²) >= 11 is 3.46. The largest absolute Gasteiger partial charge is 0.290 e. The van der Waals surface area contributed by atoms with Gasteiger partial charge in [-0.3, -0.25) is 4.40 Å². The molecule has 4 aromatic rings. The van der Waals surface area contributed by atoms with Crippen molar-refractivity contribution in [2.75, 3.05) is 0 Å². The van der Waals surface area contributed by atoms with Crippen LogP contribution in [0.15, 0.2) is 71.6 Å². The van der Waals surface area contributed by atoms with Crippen LogP contribution in [0.2, 0.25) is 0 Å². The molecule has 23 heavy (non-hydrogen) atoms. The third-order valence-electron chi connectivity index (χ3n) is 3.83. The normalized spacial score (nSPS) is 11.0. The number of hydrogen-bond donors (Lipinski definition) is 0. The number of fused-ring (bicyclic) bond motifs is 1. The van der Waals surface area contributed by atoms with Gasteiger partial charge in [-0.15, -0.1) is 0 Å². The monoisotopic (exact) mass is 363 g/mol. The lowest BCUT2D eigenvalue weighted by atomic mass is 10.1. The van der Waals surface area contributed by atoms with Crippen molar-refractivity contribution in [3.8, 4) is 22.4 Å². The summed E-state index contributed by atoms with van der Waals surface area (Å²) < 4.78 is 3.05. The van der Waals surface area contributed by atoms with Crippen molar-refractivity contribution in [2.24, 2.45) is 0 Å². The third kappa shape index (κ3) is 2.78. The summed E-state index contributed by atoms with van der Waals surface area (Å²) in [6.07, 6.45) is 5.95. The van der Waals surface area contributed by atoms with Crippen LogP contribution < -0.4 is 0 Å². The highest BCUT2D eigenvalue weighted by Gasteiger charge is 2.07. The maximum Gasteiger partial charge on any atom is 0.234 e. The van der Waals surface area contributed by atoms with Crippen LogP contribution in [-0.2, 0) is 0 Å². The van der Waals surface area contributed by atoms with Gasteiger partial charge in [-0.1, -0.05) is 57.9 Å². The molecular formula is C19H14BrN3. The lowest BCUT2D eigenvalue weighted by Gasteiger charge is -2.02. The van der Waals surface area contributed by atoms with E-state index in [9.17, 15) is 0 Å². The van der Waals surface area contributed by atoms with Crippen molar-refractivity contribution in [3.63, 3.8) is 0 Å². The molecule has 112 valence electrons. The smallest absolute Gasteiger partial charge is 0.234 e. The number of aryl methyl sites for hydroxylation is 1. The molecular weight excluding hydrogens is 350 g/mol. The Kier molecular flexibility index (Phi) is 3.46. The van der Waals surface area contributed by atoms with Gasteiger partial charge >= 0.3 is 0 Å². The quantitative estimate of drug-likeness (QED) is 0.493. The molecule has 0 atom stereocenters. The Morgan fingerprint density at radius 3 is 2.26 bits per heavy atom. The van der Waals surface area contributed by atoms with Crippen molar-refractivity contribution >= 4 is 21.7 Å². The first kappa shape index (κ1) is 14.2. The van der Waals surface area contributed by atoms with Crippen molar-refractivity contribution in [1.82, 2.24) is 14.4 Å². The molecule has 0 fully saturated rings. The lowest BCUT2D eigenvalue weighted by molar-refractivity contribution is 1.11. The molecule has 0 unspecified atom stereocenters. The van der Waals surface area contributed by atoms with E-state index in [-0.39, 0.29) is 0 Å². The number of benzene rings is 2. The van der Waals surface area contributed by atoms with E-state index in [0.29, 0.717) is 5.78 Å². The van der Waals surface area contributed by atoms with Crippen LogP contribution in [0, 0.1) is 6.92 Å². The van der Waals surface area contributed by atoms with Gasteiger partial charge < -0.3 is 0 Å². The maximum atomic E-state index is 4.61. The van der Waals surface area contributed by atoms with E-state index in [4.69, 9.17) is 0 Å². The van der Waals surface area contributed by atoms with Gasteiger partial charge in [0.15, 0.2) is 0 Å². The third-order valence-corrected chi connectivity index (χ3v) is 4.36. The summed E-state index contributed by atoms with van der Waals surface area (Å²) in [6, 6.07) is 16.6. The number of hydrogen-bond acceptors (Lipinski definition) is 2. The van der Waals surface area contributed by atoms with Crippen LogP contribution in [0.4, 0.5) is 0 Å². The summed E-state index contributed by atoms with van der Waals surface area (Å²) in [4.78, 5) is 9.09. The minimum Gasteiger partial charge on any atom is -0.290 e. The van der Waals surface area contributed by atoms with Gasteiger partial charge in [0.25, 0.3) is 0 Å². The number of aromatic nitrogens is 3. The van der Waals surface area contributed by atoms with Gasteiger partial charge in [0, 0.05) is 34.2 Å². The molecule has 0 aliphatic rings. The molecule has 2 heterocycles.